The summed E-state index contributed by atoms with van der Waals surface area (Å²) in [6.45, 7) is 7.31. The highest BCUT2D eigenvalue weighted by Gasteiger charge is 2.12. The Kier molecular flexibility index (Phi) is 4.96. The Morgan fingerprint density at radius 3 is 2.75 bits per heavy atom. The summed E-state index contributed by atoms with van der Waals surface area (Å²) in [5, 5.41) is 16.9. The van der Waals surface area contributed by atoms with Crippen LogP contribution in [0.15, 0.2) is 6.20 Å². The Bertz CT molecular complexity index is 322. The van der Waals surface area contributed by atoms with Crippen molar-refractivity contribution in [3.63, 3.8) is 0 Å². The van der Waals surface area contributed by atoms with Crippen molar-refractivity contribution >= 4 is 0 Å². The summed E-state index contributed by atoms with van der Waals surface area (Å²) < 4.78 is 1.86. The normalized spacial score (nSPS) is 15.1. The molecule has 2 N–H and O–H groups in total. The van der Waals surface area contributed by atoms with Crippen molar-refractivity contribution in [3.05, 3.63) is 17.5 Å². The molecule has 0 spiro atoms. The van der Waals surface area contributed by atoms with E-state index in [1.807, 2.05) is 18.7 Å². The van der Waals surface area contributed by atoms with Gasteiger partial charge in [0.05, 0.1) is 5.69 Å². The summed E-state index contributed by atoms with van der Waals surface area (Å²) in [7, 11) is 1.95. The van der Waals surface area contributed by atoms with E-state index >= 15 is 0 Å². The Hall–Kier alpha value is -0.870. The van der Waals surface area contributed by atoms with Crippen LogP contribution in [0.5, 0.6) is 0 Å². The molecule has 1 rings (SSSR count). The number of hydrogen-bond donors (Lipinski definition) is 2. The van der Waals surface area contributed by atoms with E-state index in [9.17, 15) is 0 Å². The van der Waals surface area contributed by atoms with Gasteiger partial charge in [-0.25, -0.2) is 0 Å². The average molecular weight is 225 g/mol. The molecule has 4 heteroatoms. The Morgan fingerprint density at radius 1 is 1.50 bits per heavy atom. The van der Waals surface area contributed by atoms with Gasteiger partial charge >= 0.3 is 0 Å². The highest BCUT2D eigenvalue weighted by molar-refractivity contribution is 5.16. The standard InChI is InChI=1S/C12H23N3O/c1-5-12-11(7-15(4)14-12)6-13-10(3)9(2)8-16/h7,9-10,13,16H,5-6,8H2,1-4H3. The lowest BCUT2D eigenvalue weighted by molar-refractivity contribution is 0.207. The fourth-order valence-corrected chi connectivity index (χ4v) is 1.66. The Morgan fingerprint density at radius 2 is 2.19 bits per heavy atom. The van der Waals surface area contributed by atoms with Gasteiger partial charge in [0.15, 0.2) is 0 Å². The average Bonchev–Trinajstić information content (AvgIpc) is 2.65. The number of aromatic nitrogens is 2. The summed E-state index contributed by atoms with van der Waals surface area (Å²) in [4.78, 5) is 0. The fraction of sp³-hybridized carbons (Fsp3) is 0.750. The van der Waals surface area contributed by atoms with Gasteiger partial charge in [0.25, 0.3) is 0 Å². The quantitative estimate of drug-likeness (QED) is 0.762. The van der Waals surface area contributed by atoms with Crippen LogP contribution in [0.2, 0.25) is 0 Å². The lowest BCUT2D eigenvalue weighted by Crippen LogP contribution is -2.33. The summed E-state index contributed by atoms with van der Waals surface area (Å²) in [6.07, 6.45) is 3.02. The van der Waals surface area contributed by atoms with Crippen LogP contribution in [-0.2, 0) is 20.0 Å². The van der Waals surface area contributed by atoms with E-state index in [0.717, 1.165) is 18.7 Å². The summed E-state index contributed by atoms with van der Waals surface area (Å²) in [5.74, 6) is 0.279. The molecule has 0 amide bonds. The van der Waals surface area contributed by atoms with Gasteiger partial charge in [-0.2, -0.15) is 5.10 Å². The predicted molar refractivity (Wildman–Crippen MR) is 65.1 cm³/mol. The molecule has 0 radical (unpaired) electrons. The van der Waals surface area contributed by atoms with E-state index in [2.05, 4.69) is 30.5 Å². The van der Waals surface area contributed by atoms with Crippen LogP contribution in [0.25, 0.3) is 0 Å². The molecule has 2 unspecified atom stereocenters. The highest BCUT2D eigenvalue weighted by Crippen LogP contribution is 2.08. The van der Waals surface area contributed by atoms with Crippen LogP contribution < -0.4 is 5.32 Å². The van der Waals surface area contributed by atoms with Crippen molar-refractivity contribution in [2.45, 2.75) is 39.8 Å². The number of aryl methyl sites for hydroxylation is 2. The van der Waals surface area contributed by atoms with E-state index < -0.39 is 0 Å². The van der Waals surface area contributed by atoms with Crippen molar-refractivity contribution in [1.82, 2.24) is 15.1 Å². The molecule has 0 bridgehead atoms. The molecular weight excluding hydrogens is 202 g/mol. The van der Waals surface area contributed by atoms with Gasteiger partial charge in [-0.15, -0.1) is 0 Å². The second-order valence-corrected chi connectivity index (χ2v) is 4.46. The van der Waals surface area contributed by atoms with Crippen molar-refractivity contribution < 1.29 is 5.11 Å². The van der Waals surface area contributed by atoms with Crippen LogP contribution in [0, 0.1) is 5.92 Å². The molecule has 0 aliphatic carbocycles. The third-order valence-corrected chi connectivity index (χ3v) is 3.08. The Balaban J connectivity index is 2.53. The smallest absolute Gasteiger partial charge is 0.0666 e. The minimum Gasteiger partial charge on any atom is -0.396 e. The lowest BCUT2D eigenvalue weighted by Gasteiger charge is -2.19. The van der Waals surface area contributed by atoms with E-state index in [4.69, 9.17) is 5.11 Å². The number of aliphatic hydroxyl groups excluding tert-OH is 1. The van der Waals surface area contributed by atoms with Gasteiger partial charge in [-0.1, -0.05) is 13.8 Å². The zero-order valence-electron chi connectivity index (χ0n) is 10.7. The lowest BCUT2D eigenvalue weighted by atomic mass is 10.0. The maximum atomic E-state index is 9.05. The topological polar surface area (TPSA) is 50.1 Å². The molecule has 0 fully saturated rings. The number of hydrogen-bond acceptors (Lipinski definition) is 3. The van der Waals surface area contributed by atoms with E-state index in [0.29, 0.717) is 6.04 Å². The first-order valence-corrected chi connectivity index (χ1v) is 5.94. The maximum Gasteiger partial charge on any atom is 0.0666 e. The monoisotopic (exact) mass is 225 g/mol. The summed E-state index contributed by atoms with van der Waals surface area (Å²) in [6, 6.07) is 0.315. The van der Waals surface area contributed by atoms with E-state index in [1.165, 1.54) is 5.56 Å². The Labute approximate surface area is 97.7 Å². The van der Waals surface area contributed by atoms with Crippen LogP contribution in [0.3, 0.4) is 0 Å². The minimum atomic E-state index is 0.224. The molecule has 4 nitrogen and oxygen atoms in total. The first kappa shape index (κ1) is 13.2. The second kappa shape index (κ2) is 6.01. The number of aliphatic hydroxyl groups is 1. The van der Waals surface area contributed by atoms with E-state index in [-0.39, 0.29) is 12.5 Å². The first-order chi connectivity index (χ1) is 7.58. The van der Waals surface area contributed by atoms with Gasteiger partial charge in [-0.3, -0.25) is 4.68 Å². The van der Waals surface area contributed by atoms with Gasteiger partial charge in [0.1, 0.15) is 0 Å². The fourth-order valence-electron chi connectivity index (χ4n) is 1.66. The SMILES string of the molecule is CCc1nn(C)cc1CNC(C)C(C)CO. The zero-order valence-corrected chi connectivity index (χ0v) is 10.7. The van der Waals surface area contributed by atoms with Gasteiger partial charge in [0, 0.05) is 38.0 Å². The van der Waals surface area contributed by atoms with Gasteiger partial charge < -0.3 is 10.4 Å². The van der Waals surface area contributed by atoms with Gasteiger partial charge in [0.2, 0.25) is 0 Å². The number of rotatable bonds is 6. The molecule has 0 saturated carbocycles. The molecule has 1 heterocycles. The first-order valence-electron chi connectivity index (χ1n) is 5.94. The van der Waals surface area contributed by atoms with Crippen molar-refractivity contribution in [3.8, 4) is 0 Å². The summed E-state index contributed by atoms with van der Waals surface area (Å²) in [5.41, 5.74) is 2.40. The van der Waals surface area contributed by atoms with Crippen LogP contribution in [-0.4, -0.2) is 27.5 Å². The maximum absolute atomic E-state index is 9.05. The molecular formula is C12H23N3O. The van der Waals surface area contributed by atoms with Crippen LogP contribution in [0.1, 0.15) is 32.0 Å². The van der Waals surface area contributed by atoms with Gasteiger partial charge in [-0.05, 0) is 19.3 Å². The molecule has 0 aliphatic heterocycles. The zero-order chi connectivity index (χ0) is 12.1. The largest absolute Gasteiger partial charge is 0.396 e. The van der Waals surface area contributed by atoms with E-state index in [1.54, 1.807) is 0 Å². The number of nitrogens with zero attached hydrogens (tertiary/aromatic N) is 2. The molecule has 0 aromatic carbocycles. The van der Waals surface area contributed by atoms with Crippen molar-refractivity contribution in [1.29, 1.82) is 0 Å². The molecule has 0 saturated heterocycles. The molecule has 1 aromatic rings. The van der Waals surface area contributed by atoms with Crippen molar-refractivity contribution in [2.75, 3.05) is 6.61 Å². The molecule has 2 atom stereocenters. The summed E-state index contributed by atoms with van der Waals surface area (Å²) >= 11 is 0. The third kappa shape index (κ3) is 3.32. The molecule has 16 heavy (non-hydrogen) atoms. The molecule has 92 valence electrons. The number of nitrogens with one attached hydrogen (secondary N) is 1. The third-order valence-electron chi connectivity index (χ3n) is 3.08. The van der Waals surface area contributed by atoms with Crippen LogP contribution >= 0.6 is 0 Å². The molecule has 1 aromatic heterocycles. The minimum absolute atomic E-state index is 0.224. The predicted octanol–water partition coefficient (Wildman–Crippen LogP) is 1.09. The van der Waals surface area contributed by atoms with Crippen molar-refractivity contribution in [2.24, 2.45) is 13.0 Å². The highest BCUT2D eigenvalue weighted by atomic mass is 16.3. The molecule has 0 aliphatic rings. The van der Waals surface area contributed by atoms with Crippen LogP contribution in [0.4, 0.5) is 0 Å². The second-order valence-electron chi connectivity index (χ2n) is 4.46.